The number of nitrogens with one attached hydrogen (secondary N) is 2. The van der Waals surface area contributed by atoms with Gasteiger partial charge in [-0.05, 0) is 62.3 Å². The van der Waals surface area contributed by atoms with Gasteiger partial charge in [-0.3, -0.25) is 4.79 Å². The molecule has 1 saturated carbocycles. The van der Waals surface area contributed by atoms with Crippen molar-refractivity contribution in [2.45, 2.75) is 76.7 Å². The van der Waals surface area contributed by atoms with Crippen LogP contribution in [0.2, 0.25) is 0 Å². The van der Waals surface area contributed by atoms with Crippen LogP contribution in [0.1, 0.15) is 63.0 Å². The summed E-state index contributed by atoms with van der Waals surface area (Å²) < 4.78 is 27.2. The largest absolute Gasteiger partial charge is 0.353 e. The molecule has 146 valence electrons. The Kier molecular flexibility index (Phi) is 7.65. The molecule has 1 aromatic carbocycles. The zero-order valence-electron chi connectivity index (χ0n) is 16.2. The summed E-state index contributed by atoms with van der Waals surface area (Å²) in [6, 6.07) is 5.31. The SMILES string of the molecule is CCCCC1CCCC1NC(=O)CCNS(=O)(=O)c1ccc(C)c(C)c1. The van der Waals surface area contributed by atoms with Crippen molar-refractivity contribution in [1.29, 1.82) is 0 Å². The van der Waals surface area contributed by atoms with E-state index in [1.807, 2.05) is 13.8 Å². The first-order valence-electron chi connectivity index (χ1n) is 9.69. The number of carbonyl (C=O) groups is 1. The molecule has 2 unspecified atom stereocenters. The fraction of sp³-hybridized carbons (Fsp3) is 0.650. The molecule has 0 spiro atoms. The highest BCUT2D eigenvalue weighted by atomic mass is 32.2. The van der Waals surface area contributed by atoms with Crippen LogP contribution in [0.4, 0.5) is 0 Å². The average molecular weight is 381 g/mol. The van der Waals surface area contributed by atoms with E-state index < -0.39 is 10.0 Å². The molecule has 1 amide bonds. The molecule has 0 heterocycles. The minimum atomic E-state index is -3.58. The maximum absolute atomic E-state index is 12.3. The first kappa shape index (κ1) is 20.9. The molecule has 2 atom stereocenters. The van der Waals surface area contributed by atoms with Crippen molar-refractivity contribution in [3.05, 3.63) is 29.3 Å². The molecule has 1 aliphatic rings. The zero-order chi connectivity index (χ0) is 19.2. The molecule has 6 heteroatoms. The van der Waals surface area contributed by atoms with E-state index in [-0.39, 0.29) is 29.8 Å². The van der Waals surface area contributed by atoms with E-state index >= 15 is 0 Å². The molecule has 26 heavy (non-hydrogen) atoms. The van der Waals surface area contributed by atoms with Gasteiger partial charge in [0.2, 0.25) is 15.9 Å². The van der Waals surface area contributed by atoms with Crippen molar-refractivity contribution in [3.8, 4) is 0 Å². The van der Waals surface area contributed by atoms with Crippen LogP contribution in [0.3, 0.4) is 0 Å². The van der Waals surface area contributed by atoms with Crippen LogP contribution >= 0.6 is 0 Å². The fourth-order valence-corrected chi connectivity index (χ4v) is 4.70. The summed E-state index contributed by atoms with van der Waals surface area (Å²) in [7, 11) is -3.58. The molecular formula is C20H32N2O3S. The van der Waals surface area contributed by atoms with Gasteiger partial charge in [0.1, 0.15) is 0 Å². The highest BCUT2D eigenvalue weighted by molar-refractivity contribution is 7.89. The van der Waals surface area contributed by atoms with Crippen molar-refractivity contribution < 1.29 is 13.2 Å². The van der Waals surface area contributed by atoms with Crippen LogP contribution in [-0.2, 0) is 14.8 Å². The van der Waals surface area contributed by atoms with E-state index in [9.17, 15) is 13.2 Å². The smallest absolute Gasteiger partial charge is 0.240 e. The minimum absolute atomic E-state index is 0.0683. The van der Waals surface area contributed by atoms with Crippen molar-refractivity contribution in [3.63, 3.8) is 0 Å². The molecule has 0 saturated heterocycles. The standard InChI is InChI=1S/C20H32N2O3S/c1-4-5-7-17-8-6-9-19(17)22-20(23)12-13-21-26(24,25)18-11-10-15(2)16(3)14-18/h10-11,14,17,19,21H,4-9,12-13H2,1-3H3,(H,22,23). The van der Waals surface area contributed by atoms with Crippen LogP contribution in [-0.4, -0.2) is 26.9 Å². The highest BCUT2D eigenvalue weighted by Crippen LogP contribution is 2.29. The minimum Gasteiger partial charge on any atom is -0.353 e. The highest BCUT2D eigenvalue weighted by Gasteiger charge is 2.27. The van der Waals surface area contributed by atoms with E-state index in [2.05, 4.69) is 17.0 Å². The number of carbonyl (C=O) groups excluding carboxylic acids is 1. The molecule has 2 N–H and O–H groups in total. The Morgan fingerprint density at radius 2 is 1.96 bits per heavy atom. The van der Waals surface area contributed by atoms with Crippen LogP contribution in [0, 0.1) is 19.8 Å². The first-order valence-corrected chi connectivity index (χ1v) is 11.2. The Balaban J connectivity index is 1.81. The molecule has 5 nitrogen and oxygen atoms in total. The Bertz CT molecular complexity index is 716. The van der Waals surface area contributed by atoms with Gasteiger partial charge in [-0.15, -0.1) is 0 Å². The Labute approximate surface area is 158 Å². The lowest BCUT2D eigenvalue weighted by atomic mass is 9.97. The number of benzene rings is 1. The van der Waals surface area contributed by atoms with Crippen LogP contribution in [0.25, 0.3) is 0 Å². The fourth-order valence-electron chi connectivity index (χ4n) is 3.58. The second kappa shape index (κ2) is 9.51. The summed E-state index contributed by atoms with van der Waals surface area (Å²) in [4.78, 5) is 12.4. The van der Waals surface area contributed by atoms with Gasteiger partial charge in [-0.25, -0.2) is 13.1 Å². The normalized spacial score (nSPS) is 20.3. The molecule has 1 aliphatic carbocycles. The lowest BCUT2D eigenvalue weighted by Gasteiger charge is -2.21. The van der Waals surface area contributed by atoms with Crippen LogP contribution in [0.15, 0.2) is 23.1 Å². The van der Waals surface area contributed by atoms with Gasteiger partial charge in [-0.1, -0.05) is 32.3 Å². The van der Waals surface area contributed by atoms with Gasteiger partial charge >= 0.3 is 0 Å². The number of sulfonamides is 1. The number of aryl methyl sites for hydroxylation is 2. The molecular weight excluding hydrogens is 348 g/mol. The maximum atomic E-state index is 12.3. The average Bonchev–Trinajstić information content (AvgIpc) is 3.02. The monoisotopic (exact) mass is 380 g/mol. The third-order valence-electron chi connectivity index (χ3n) is 5.37. The summed E-state index contributed by atoms with van der Waals surface area (Å²) >= 11 is 0. The predicted octanol–water partition coefficient (Wildman–Crippen LogP) is 3.45. The van der Waals surface area contributed by atoms with Gasteiger partial charge < -0.3 is 5.32 Å². The Hall–Kier alpha value is -1.40. The van der Waals surface area contributed by atoms with Crippen molar-refractivity contribution in [1.82, 2.24) is 10.0 Å². The van der Waals surface area contributed by atoms with Crippen LogP contribution < -0.4 is 10.0 Å². The van der Waals surface area contributed by atoms with E-state index in [1.165, 1.54) is 32.1 Å². The number of hydrogen-bond donors (Lipinski definition) is 2. The number of rotatable bonds is 9. The number of unbranched alkanes of at least 4 members (excludes halogenated alkanes) is 1. The summed E-state index contributed by atoms with van der Waals surface area (Å²) in [5, 5.41) is 3.11. The summed E-state index contributed by atoms with van der Waals surface area (Å²) in [6.45, 7) is 6.14. The molecule has 2 rings (SSSR count). The molecule has 0 aliphatic heterocycles. The molecule has 0 radical (unpaired) electrons. The van der Waals surface area contributed by atoms with Gasteiger partial charge in [-0.2, -0.15) is 0 Å². The third-order valence-corrected chi connectivity index (χ3v) is 6.83. The van der Waals surface area contributed by atoms with Gasteiger partial charge in [0.25, 0.3) is 0 Å². The predicted molar refractivity (Wildman–Crippen MR) is 105 cm³/mol. The molecule has 1 aromatic rings. The first-order chi connectivity index (χ1) is 12.3. The second-order valence-electron chi connectivity index (χ2n) is 7.40. The van der Waals surface area contributed by atoms with Crippen molar-refractivity contribution in [2.24, 2.45) is 5.92 Å². The maximum Gasteiger partial charge on any atom is 0.240 e. The van der Waals surface area contributed by atoms with E-state index in [0.29, 0.717) is 5.92 Å². The number of hydrogen-bond acceptors (Lipinski definition) is 3. The Morgan fingerprint density at radius 3 is 2.65 bits per heavy atom. The molecule has 0 aromatic heterocycles. The lowest BCUT2D eigenvalue weighted by molar-refractivity contribution is -0.121. The van der Waals surface area contributed by atoms with Crippen molar-refractivity contribution in [2.75, 3.05) is 6.54 Å². The molecule has 0 bridgehead atoms. The van der Waals surface area contributed by atoms with Gasteiger partial charge in [0.15, 0.2) is 0 Å². The van der Waals surface area contributed by atoms with Crippen LogP contribution in [0.5, 0.6) is 0 Å². The Morgan fingerprint density at radius 1 is 1.19 bits per heavy atom. The lowest BCUT2D eigenvalue weighted by Crippen LogP contribution is -2.39. The molecule has 1 fully saturated rings. The van der Waals surface area contributed by atoms with Gasteiger partial charge in [0, 0.05) is 19.0 Å². The second-order valence-corrected chi connectivity index (χ2v) is 9.17. The summed E-state index contributed by atoms with van der Waals surface area (Å²) in [6.07, 6.45) is 7.10. The zero-order valence-corrected chi connectivity index (χ0v) is 17.0. The quantitative estimate of drug-likeness (QED) is 0.689. The number of amides is 1. The van der Waals surface area contributed by atoms with Crippen molar-refractivity contribution >= 4 is 15.9 Å². The van der Waals surface area contributed by atoms with E-state index in [0.717, 1.165) is 17.5 Å². The third kappa shape index (κ3) is 5.81. The summed E-state index contributed by atoms with van der Waals surface area (Å²) in [5.74, 6) is 0.507. The summed E-state index contributed by atoms with van der Waals surface area (Å²) in [5.41, 5.74) is 1.99. The van der Waals surface area contributed by atoms with E-state index in [4.69, 9.17) is 0 Å². The topological polar surface area (TPSA) is 75.3 Å². The van der Waals surface area contributed by atoms with E-state index in [1.54, 1.807) is 18.2 Å². The van der Waals surface area contributed by atoms with Gasteiger partial charge in [0.05, 0.1) is 4.90 Å².